The second kappa shape index (κ2) is 6.75. The Balaban J connectivity index is 3.80. The van der Waals surface area contributed by atoms with E-state index in [-0.39, 0.29) is 37.8 Å². The van der Waals surface area contributed by atoms with Crippen molar-refractivity contribution in [1.29, 1.82) is 0 Å². The number of hydrogen-bond acceptors (Lipinski definition) is 4. The number of hydroxylamine groups is 2. The Labute approximate surface area is 93.2 Å². The summed E-state index contributed by atoms with van der Waals surface area (Å²) in [4.78, 5) is 38.7. The summed E-state index contributed by atoms with van der Waals surface area (Å²) in [5, 5.41) is 9.53. The lowest BCUT2D eigenvalue weighted by molar-refractivity contribution is -0.165. The molecule has 0 aliphatic heterocycles. The lowest BCUT2D eigenvalue weighted by Gasteiger charge is -2.14. The third-order valence-corrected chi connectivity index (χ3v) is 2.70. The van der Waals surface area contributed by atoms with Crippen molar-refractivity contribution in [3.05, 3.63) is 0 Å². The third-order valence-electron chi connectivity index (χ3n) is 1.80. The highest BCUT2D eigenvalue weighted by Crippen LogP contribution is 2.34. The largest absolute Gasteiger partial charge is 0.325 e. The van der Waals surface area contributed by atoms with E-state index in [4.69, 9.17) is 15.0 Å². The van der Waals surface area contributed by atoms with Gasteiger partial charge in [-0.15, -0.1) is 0 Å². The average molecular weight is 253 g/mol. The van der Waals surface area contributed by atoms with Crippen LogP contribution in [0.2, 0.25) is 0 Å². The Morgan fingerprint density at radius 1 is 1.25 bits per heavy atom. The van der Waals surface area contributed by atoms with Crippen LogP contribution in [-0.2, 0) is 14.2 Å². The number of hydrogen-bond donors (Lipinski definition) is 3. The quantitative estimate of drug-likeness (QED) is 0.337. The maximum atomic E-state index is 11.1. The van der Waals surface area contributed by atoms with Crippen LogP contribution >= 0.6 is 7.60 Å². The predicted octanol–water partition coefficient (Wildman–Crippen LogP) is 0.141. The van der Waals surface area contributed by atoms with Crippen molar-refractivity contribution < 1.29 is 29.1 Å². The molecule has 0 aliphatic carbocycles. The first-order chi connectivity index (χ1) is 7.22. The fraction of sp³-hybridized carbons (Fsp3) is 0.750. The minimum Gasteiger partial charge on any atom is -0.324 e. The highest BCUT2D eigenvalue weighted by Gasteiger charge is 2.15. The molecule has 3 N–H and O–H groups in total. The molecule has 0 aromatic carbocycles. The van der Waals surface area contributed by atoms with Crippen LogP contribution in [0.4, 0.5) is 0 Å². The monoisotopic (exact) mass is 253 g/mol. The molecule has 0 spiro atoms. The number of carbonyl (C=O) groups is 2. The van der Waals surface area contributed by atoms with E-state index in [1.165, 1.54) is 6.92 Å². The predicted molar refractivity (Wildman–Crippen MR) is 54.9 cm³/mol. The molecule has 8 heteroatoms. The topological polar surface area (TPSA) is 115 Å². The van der Waals surface area contributed by atoms with Crippen LogP contribution in [0.3, 0.4) is 0 Å². The molecule has 0 heterocycles. The Morgan fingerprint density at radius 2 is 1.81 bits per heavy atom. The summed E-state index contributed by atoms with van der Waals surface area (Å²) in [5.41, 5.74) is 0. The minimum absolute atomic E-state index is 0.00654. The number of amides is 1. The molecule has 0 bridgehead atoms. The summed E-state index contributed by atoms with van der Waals surface area (Å²) in [5.74, 6) is -0.780. The summed E-state index contributed by atoms with van der Waals surface area (Å²) >= 11 is 0. The van der Waals surface area contributed by atoms with Gasteiger partial charge in [-0.1, -0.05) is 0 Å². The smallest absolute Gasteiger partial charge is 0.324 e. The van der Waals surface area contributed by atoms with E-state index >= 15 is 0 Å². The zero-order chi connectivity index (χ0) is 12.8. The van der Waals surface area contributed by atoms with Gasteiger partial charge in [-0.05, 0) is 13.3 Å². The molecule has 0 unspecified atom stereocenters. The van der Waals surface area contributed by atoms with Gasteiger partial charge in [0.2, 0.25) is 5.91 Å². The second-order valence-corrected chi connectivity index (χ2v) is 5.24. The molecule has 0 aromatic heterocycles. The fourth-order valence-electron chi connectivity index (χ4n) is 0.963. The van der Waals surface area contributed by atoms with Gasteiger partial charge in [0.25, 0.3) is 0 Å². The molecule has 16 heavy (non-hydrogen) atoms. The van der Waals surface area contributed by atoms with Crippen molar-refractivity contribution in [2.75, 3.05) is 12.7 Å². The van der Waals surface area contributed by atoms with Gasteiger partial charge in [0.15, 0.2) is 0 Å². The number of carbonyl (C=O) groups excluding carboxylic acids is 2. The molecule has 94 valence electrons. The van der Waals surface area contributed by atoms with E-state index in [2.05, 4.69) is 0 Å². The van der Waals surface area contributed by atoms with Crippen molar-refractivity contribution in [3.63, 3.8) is 0 Å². The van der Waals surface area contributed by atoms with Gasteiger partial charge in [-0.2, -0.15) is 0 Å². The Morgan fingerprint density at radius 3 is 2.25 bits per heavy atom. The van der Waals surface area contributed by atoms with E-state index < -0.39 is 13.5 Å². The lowest BCUT2D eigenvalue weighted by atomic mass is 10.2. The molecule has 1 amide bonds. The Hall–Kier alpha value is -0.750. The number of rotatable bonds is 7. The second-order valence-electron chi connectivity index (χ2n) is 3.46. The van der Waals surface area contributed by atoms with Crippen molar-refractivity contribution in [2.45, 2.75) is 26.2 Å². The summed E-state index contributed by atoms with van der Waals surface area (Å²) in [7, 11) is -4.09. The van der Waals surface area contributed by atoms with Crippen LogP contribution < -0.4 is 0 Å². The molecule has 0 saturated carbocycles. The minimum atomic E-state index is -4.09. The fourth-order valence-corrected chi connectivity index (χ4v) is 1.52. The maximum absolute atomic E-state index is 11.1. The summed E-state index contributed by atoms with van der Waals surface area (Å²) in [6.07, 6.45) is -0.424. The van der Waals surface area contributed by atoms with Gasteiger partial charge in [0, 0.05) is 19.4 Å². The average Bonchev–Trinajstić information content (AvgIpc) is 2.11. The van der Waals surface area contributed by atoms with Crippen LogP contribution in [0.5, 0.6) is 0 Å². The third kappa shape index (κ3) is 8.55. The van der Waals surface area contributed by atoms with Crippen molar-refractivity contribution >= 4 is 19.3 Å². The van der Waals surface area contributed by atoms with Gasteiger partial charge >= 0.3 is 7.60 Å². The maximum Gasteiger partial charge on any atom is 0.325 e. The number of ketones is 1. The summed E-state index contributed by atoms with van der Waals surface area (Å²) in [6.45, 7) is 1.19. The van der Waals surface area contributed by atoms with Crippen LogP contribution in [0.25, 0.3) is 0 Å². The zero-order valence-electron chi connectivity index (χ0n) is 9.00. The van der Waals surface area contributed by atoms with Crippen LogP contribution in [0.15, 0.2) is 0 Å². The number of nitrogens with zero attached hydrogens (tertiary/aromatic N) is 1. The van der Waals surface area contributed by atoms with Gasteiger partial charge < -0.3 is 14.6 Å². The SMILES string of the molecule is CC(=O)CCC(=O)N(O)CCCP(=O)(O)O. The molecule has 0 atom stereocenters. The number of Topliss-reactive ketones (excluding diaryl/α,β-unsaturated/α-hetero) is 1. The van der Waals surface area contributed by atoms with Crippen molar-refractivity contribution in [2.24, 2.45) is 0 Å². The molecular weight excluding hydrogens is 237 g/mol. The van der Waals surface area contributed by atoms with E-state index in [1.807, 2.05) is 0 Å². The van der Waals surface area contributed by atoms with Gasteiger partial charge in [0.05, 0.1) is 6.16 Å². The summed E-state index contributed by atoms with van der Waals surface area (Å²) < 4.78 is 10.5. The molecule has 0 aromatic rings. The molecule has 7 nitrogen and oxygen atoms in total. The van der Waals surface area contributed by atoms with Crippen molar-refractivity contribution in [3.8, 4) is 0 Å². The van der Waals surface area contributed by atoms with E-state index in [1.54, 1.807) is 0 Å². The molecule has 0 radical (unpaired) electrons. The molecule has 0 fully saturated rings. The Kier molecular flexibility index (Phi) is 6.43. The summed E-state index contributed by atoms with van der Waals surface area (Å²) in [6, 6.07) is 0. The molecule has 0 rings (SSSR count). The molecule has 0 aliphatic rings. The highest BCUT2D eigenvalue weighted by atomic mass is 31.2. The van der Waals surface area contributed by atoms with Crippen LogP contribution in [0, 0.1) is 0 Å². The van der Waals surface area contributed by atoms with Crippen molar-refractivity contribution in [1.82, 2.24) is 5.06 Å². The standard InChI is InChI=1S/C8H16NO6P/c1-7(10)3-4-8(11)9(12)5-2-6-16(13,14)15/h12H,2-6H2,1H3,(H2,13,14,15). The zero-order valence-corrected chi connectivity index (χ0v) is 9.89. The van der Waals surface area contributed by atoms with E-state index in [0.717, 1.165) is 0 Å². The van der Waals surface area contributed by atoms with Gasteiger partial charge in [-0.3, -0.25) is 14.6 Å². The highest BCUT2D eigenvalue weighted by molar-refractivity contribution is 7.51. The first kappa shape index (κ1) is 15.2. The van der Waals surface area contributed by atoms with Gasteiger partial charge in [0.1, 0.15) is 5.78 Å². The van der Waals surface area contributed by atoms with Crippen LogP contribution in [0.1, 0.15) is 26.2 Å². The van der Waals surface area contributed by atoms with Gasteiger partial charge in [-0.25, -0.2) is 5.06 Å². The van der Waals surface area contributed by atoms with E-state index in [0.29, 0.717) is 5.06 Å². The molecule has 0 saturated heterocycles. The first-order valence-corrected chi connectivity index (χ1v) is 6.55. The lowest BCUT2D eigenvalue weighted by Crippen LogP contribution is -2.29. The van der Waals surface area contributed by atoms with Crippen LogP contribution in [-0.4, -0.2) is 44.5 Å². The molecular formula is C8H16NO6P. The normalized spacial score (nSPS) is 11.2. The van der Waals surface area contributed by atoms with E-state index in [9.17, 15) is 14.2 Å². The Bertz CT molecular complexity index is 299. The first-order valence-electron chi connectivity index (χ1n) is 4.75.